The molecule has 0 spiro atoms. The van der Waals surface area contributed by atoms with Crippen molar-refractivity contribution in [1.82, 2.24) is 10.6 Å². The molecule has 11 N–H and O–H groups in total. The first-order valence-corrected chi connectivity index (χ1v) is 7.88. The Bertz CT molecular complexity index is 609. The van der Waals surface area contributed by atoms with Crippen LogP contribution in [0.4, 0.5) is 0 Å². The highest BCUT2D eigenvalue weighted by molar-refractivity contribution is 5.93. The van der Waals surface area contributed by atoms with Crippen molar-refractivity contribution in [3.05, 3.63) is 0 Å². The molecule has 0 bridgehead atoms. The average molecular weight is 388 g/mol. The number of aliphatic carboxylic acids is 1. The third kappa shape index (κ3) is 10.4. The van der Waals surface area contributed by atoms with E-state index >= 15 is 0 Å². The molecule has 0 aliphatic rings. The van der Waals surface area contributed by atoms with Gasteiger partial charge in [0.1, 0.15) is 12.1 Å². The van der Waals surface area contributed by atoms with Crippen LogP contribution in [-0.4, -0.2) is 58.7 Å². The molecule has 5 amide bonds. The molecule has 0 saturated carbocycles. The van der Waals surface area contributed by atoms with E-state index in [2.05, 4.69) is 10.6 Å². The molecule has 0 radical (unpaired) electrons. The van der Waals surface area contributed by atoms with Gasteiger partial charge < -0.3 is 38.7 Å². The number of primary amides is 3. The minimum Gasteiger partial charge on any atom is -0.480 e. The molecule has 0 aromatic rings. The molecule has 13 heteroatoms. The van der Waals surface area contributed by atoms with Gasteiger partial charge in [0.25, 0.3) is 0 Å². The van der Waals surface area contributed by atoms with Gasteiger partial charge in [-0.2, -0.15) is 0 Å². The fourth-order valence-corrected chi connectivity index (χ4v) is 1.96. The van der Waals surface area contributed by atoms with Crippen molar-refractivity contribution in [2.45, 2.75) is 50.2 Å². The molecule has 3 atom stereocenters. The summed E-state index contributed by atoms with van der Waals surface area (Å²) >= 11 is 0. The summed E-state index contributed by atoms with van der Waals surface area (Å²) in [6, 6.07) is -4.13. The molecule has 3 unspecified atom stereocenters. The minimum atomic E-state index is -1.45. The first kappa shape index (κ1) is 23.8. The van der Waals surface area contributed by atoms with Crippen molar-refractivity contribution in [1.29, 1.82) is 0 Å². The molecule has 0 heterocycles. The summed E-state index contributed by atoms with van der Waals surface area (Å²) in [5.41, 5.74) is 20.4. The number of nitrogens with one attached hydrogen (secondary N) is 2. The second-order valence-corrected chi connectivity index (χ2v) is 5.75. The number of hydrogen-bond donors (Lipinski definition) is 7. The molecular weight excluding hydrogens is 364 g/mol. The minimum absolute atomic E-state index is 0.238. The highest BCUT2D eigenvalue weighted by Crippen LogP contribution is 2.03. The van der Waals surface area contributed by atoms with Crippen molar-refractivity contribution < 1.29 is 33.9 Å². The maximum Gasteiger partial charge on any atom is 0.326 e. The molecule has 0 aromatic heterocycles. The molecule has 0 fully saturated rings. The lowest BCUT2D eigenvalue weighted by Gasteiger charge is -2.22. The van der Waals surface area contributed by atoms with Gasteiger partial charge in [0.2, 0.25) is 29.5 Å². The molecule has 13 nitrogen and oxygen atoms in total. The SMILES string of the molecule is NC(=O)CCC(NC(=O)C(CCC(N)=O)NC(=O)C(N)CC(N)=O)C(=O)O. The summed E-state index contributed by atoms with van der Waals surface area (Å²) in [4.78, 5) is 68.0. The quantitative estimate of drug-likeness (QED) is 0.162. The van der Waals surface area contributed by atoms with Gasteiger partial charge in [0.15, 0.2) is 0 Å². The number of amides is 5. The van der Waals surface area contributed by atoms with Crippen molar-refractivity contribution >= 4 is 35.5 Å². The normalized spacial score (nSPS) is 13.7. The van der Waals surface area contributed by atoms with Crippen LogP contribution in [0.2, 0.25) is 0 Å². The van der Waals surface area contributed by atoms with E-state index in [9.17, 15) is 28.8 Å². The van der Waals surface area contributed by atoms with E-state index in [0.29, 0.717) is 0 Å². The first-order valence-electron chi connectivity index (χ1n) is 7.88. The number of carbonyl (C=O) groups is 6. The Balaban J connectivity index is 5.12. The van der Waals surface area contributed by atoms with Gasteiger partial charge in [0.05, 0.1) is 12.5 Å². The van der Waals surface area contributed by atoms with Crippen molar-refractivity contribution in [3.63, 3.8) is 0 Å². The van der Waals surface area contributed by atoms with E-state index in [4.69, 9.17) is 28.0 Å². The summed E-state index contributed by atoms with van der Waals surface area (Å²) in [6.45, 7) is 0. The molecule has 0 aliphatic carbocycles. The van der Waals surface area contributed by atoms with Gasteiger partial charge in [0, 0.05) is 12.8 Å². The third-order valence-electron chi connectivity index (χ3n) is 3.36. The lowest BCUT2D eigenvalue weighted by Crippen LogP contribution is -2.55. The van der Waals surface area contributed by atoms with Crippen LogP contribution < -0.4 is 33.6 Å². The molecule has 0 aromatic carbocycles. The lowest BCUT2D eigenvalue weighted by molar-refractivity contribution is -0.142. The summed E-state index contributed by atoms with van der Waals surface area (Å²) in [6.07, 6.45) is -1.57. The highest BCUT2D eigenvalue weighted by atomic mass is 16.4. The van der Waals surface area contributed by atoms with E-state index in [0.717, 1.165) is 0 Å². The summed E-state index contributed by atoms with van der Waals surface area (Å²) in [5.74, 6) is -5.61. The third-order valence-corrected chi connectivity index (χ3v) is 3.36. The topological polar surface area (TPSA) is 251 Å². The number of carbonyl (C=O) groups excluding carboxylic acids is 5. The van der Waals surface area contributed by atoms with Crippen LogP contribution in [0, 0.1) is 0 Å². The van der Waals surface area contributed by atoms with Crippen LogP contribution in [-0.2, 0) is 28.8 Å². The Morgan fingerprint density at radius 1 is 0.741 bits per heavy atom. The number of carboxylic acids is 1. The van der Waals surface area contributed by atoms with Gasteiger partial charge >= 0.3 is 5.97 Å². The molecule has 0 saturated heterocycles. The van der Waals surface area contributed by atoms with E-state index in [-0.39, 0.29) is 25.7 Å². The molecule has 0 rings (SSSR count). The zero-order valence-electron chi connectivity index (χ0n) is 14.5. The maximum atomic E-state index is 12.3. The fourth-order valence-electron chi connectivity index (χ4n) is 1.96. The molecule has 0 aliphatic heterocycles. The van der Waals surface area contributed by atoms with Gasteiger partial charge in [-0.15, -0.1) is 0 Å². The number of hydrogen-bond acceptors (Lipinski definition) is 7. The fraction of sp³-hybridized carbons (Fsp3) is 0.571. The Labute approximate surface area is 154 Å². The van der Waals surface area contributed by atoms with Gasteiger partial charge in [-0.3, -0.25) is 24.0 Å². The molecule has 152 valence electrons. The van der Waals surface area contributed by atoms with Crippen LogP contribution in [0.25, 0.3) is 0 Å². The Hall–Kier alpha value is -3.22. The Kier molecular flexibility index (Phi) is 10.0. The maximum absolute atomic E-state index is 12.3. The average Bonchev–Trinajstić information content (AvgIpc) is 2.53. The number of rotatable bonds is 13. The van der Waals surface area contributed by atoms with Gasteiger partial charge in [-0.05, 0) is 12.8 Å². The number of carboxylic acid groups (broad SMARTS) is 1. The largest absolute Gasteiger partial charge is 0.480 e. The van der Waals surface area contributed by atoms with Crippen molar-refractivity contribution in [2.75, 3.05) is 0 Å². The van der Waals surface area contributed by atoms with Gasteiger partial charge in [-0.25, -0.2) is 4.79 Å². The molecular formula is C14H24N6O7. The monoisotopic (exact) mass is 388 g/mol. The van der Waals surface area contributed by atoms with Gasteiger partial charge in [-0.1, -0.05) is 0 Å². The van der Waals surface area contributed by atoms with E-state index in [1.54, 1.807) is 0 Å². The van der Waals surface area contributed by atoms with Crippen LogP contribution >= 0.6 is 0 Å². The van der Waals surface area contributed by atoms with Crippen molar-refractivity contribution in [2.24, 2.45) is 22.9 Å². The Morgan fingerprint density at radius 2 is 1.19 bits per heavy atom. The van der Waals surface area contributed by atoms with Crippen LogP contribution in [0.15, 0.2) is 0 Å². The van der Waals surface area contributed by atoms with E-state index in [1.165, 1.54) is 0 Å². The smallest absolute Gasteiger partial charge is 0.326 e. The van der Waals surface area contributed by atoms with Crippen LogP contribution in [0.1, 0.15) is 32.1 Å². The standard InChI is InChI=1S/C14H24N6O7/c15-6(5-11(18)23)12(24)19-7(1-3-9(16)21)13(25)20-8(14(26)27)2-4-10(17)22/h6-8H,1-5,15H2,(H2,16,21)(H2,17,22)(H2,18,23)(H,19,24)(H,20,25)(H,26,27). The summed E-state index contributed by atoms with van der Waals surface area (Å²) in [5, 5.41) is 13.5. The van der Waals surface area contributed by atoms with Crippen molar-refractivity contribution in [3.8, 4) is 0 Å². The first-order chi connectivity index (χ1) is 12.4. The zero-order chi connectivity index (χ0) is 21.1. The summed E-state index contributed by atoms with van der Waals surface area (Å²) < 4.78 is 0. The lowest BCUT2D eigenvalue weighted by atomic mass is 10.1. The van der Waals surface area contributed by atoms with Crippen LogP contribution in [0.5, 0.6) is 0 Å². The highest BCUT2D eigenvalue weighted by Gasteiger charge is 2.28. The van der Waals surface area contributed by atoms with E-state index < -0.39 is 60.1 Å². The van der Waals surface area contributed by atoms with E-state index in [1.807, 2.05) is 0 Å². The molecule has 27 heavy (non-hydrogen) atoms. The summed E-state index contributed by atoms with van der Waals surface area (Å²) in [7, 11) is 0. The predicted octanol–water partition coefficient (Wildman–Crippen LogP) is -4.23. The zero-order valence-corrected chi connectivity index (χ0v) is 14.5. The predicted molar refractivity (Wildman–Crippen MR) is 90.1 cm³/mol. The number of nitrogens with two attached hydrogens (primary N) is 4. The second-order valence-electron chi connectivity index (χ2n) is 5.75. The van der Waals surface area contributed by atoms with Crippen LogP contribution in [0.3, 0.4) is 0 Å². The second kappa shape index (κ2) is 11.4. The Morgan fingerprint density at radius 3 is 1.59 bits per heavy atom.